The van der Waals surface area contributed by atoms with Crippen LogP contribution in [0.15, 0.2) is 18.2 Å². The number of halogens is 1. The lowest BCUT2D eigenvalue weighted by molar-refractivity contribution is 0.0697. The van der Waals surface area contributed by atoms with Gasteiger partial charge in [0.05, 0.1) is 11.6 Å². The summed E-state index contributed by atoms with van der Waals surface area (Å²) in [4.78, 5) is 12.2. The van der Waals surface area contributed by atoms with E-state index in [1.165, 1.54) is 6.07 Å². The summed E-state index contributed by atoms with van der Waals surface area (Å²) in [6.07, 6.45) is 2.26. The summed E-state index contributed by atoms with van der Waals surface area (Å²) in [5.74, 6) is 1.63. The van der Waals surface area contributed by atoms with Gasteiger partial charge < -0.3 is 15.7 Å². The highest BCUT2D eigenvalue weighted by Crippen LogP contribution is 2.35. The van der Waals surface area contributed by atoms with Crippen LogP contribution in [0.2, 0.25) is 0 Å². The monoisotopic (exact) mass is 338 g/mol. The Morgan fingerprint density at radius 2 is 2.35 bits per heavy atom. The van der Waals surface area contributed by atoms with Gasteiger partial charge in [0, 0.05) is 12.3 Å². The minimum absolute atomic E-state index is 0.193. The Balaban J connectivity index is 1.65. The first-order valence-electron chi connectivity index (χ1n) is 8.10. The van der Waals surface area contributed by atoms with Gasteiger partial charge in [0.2, 0.25) is 0 Å². The van der Waals surface area contributed by atoms with Crippen molar-refractivity contribution in [3.8, 4) is 0 Å². The summed E-state index contributed by atoms with van der Waals surface area (Å²) in [5, 5.41) is 16.0. The number of amides is 2. The topological polar surface area (TPSA) is 61.4 Å². The minimum atomic E-state index is -0.801. The lowest BCUT2D eigenvalue weighted by Crippen LogP contribution is -2.48. The molecule has 23 heavy (non-hydrogen) atoms. The first-order valence-corrected chi connectivity index (χ1v) is 9.26. The molecule has 0 spiro atoms. The largest absolute Gasteiger partial charge is 0.387 e. The van der Waals surface area contributed by atoms with Crippen LogP contribution >= 0.6 is 11.8 Å². The molecule has 3 N–H and O–H groups in total. The molecule has 3 rings (SSSR count). The molecule has 1 heterocycles. The fourth-order valence-electron chi connectivity index (χ4n) is 3.37. The van der Waals surface area contributed by atoms with E-state index in [1.54, 1.807) is 17.8 Å². The minimum Gasteiger partial charge on any atom is -0.387 e. The van der Waals surface area contributed by atoms with Gasteiger partial charge in [-0.05, 0) is 48.1 Å². The summed E-state index contributed by atoms with van der Waals surface area (Å²) >= 11 is 1.70. The lowest BCUT2D eigenvalue weighted by Gasteiger charge is -2.32. The van der Waals surface area contributed by atoms with E-state index in [4.69, 9.17) is 0 Å². The number of nitrogens with one attached hydrogen (secondary N) is 2. The molecule has 2 aliphatic rings. The predicted molar refractivity (Wildman–Crippen MR) is 90.1 cm³/mol. The number of hydrogen-bond acceptors (Lipinski definition) is 3. The quantitative estimate of drug-likeness (QED) is 0.794. The van der Waals surface area contributed by atoms with Gasteiger partial charge in [-0.2, -0.15) is 11.8 Å². The molecule has 1 aliphatic carbocycles. The summed E-state index contributed by atoms with van der Waals surface area (Å²) in [6.45, 7) is 2.32. The molecule has 0 saturated carbocycles. The normalized spacial score (nSPS) is 29.9. The SMILES string of the molecule is C[C@@H]1CCc2c(F)cccc2[C@H]1NC(=O)NC[C@]1(O)CCSC1. The van der Waals surface area contributed by atoms with Gasteiger partial charge >= 0.3 is 6.03 Å². The van der Waals surface area contributed by atoms with Crippen molar-refractivity contribution in [2.24, 2.45) is 5.92 Å². The van der Waals surface area contributed by atoms with Crippen molar-refractivity contribution in [2.45, 2.75) is 37.8 Å². The summed E-state index contributed by atoms with van der Waals surface area (Å²) in [5.41, 5.74) is 0.778. The molecule has 2 amide bonds. The second-order valence-corrected chi connectivity index (χ2v) is 7.76. The van der Waals surface area contributed by atoms with Gasteiger partial charge in [-0.25, -0.2) is 9.18 Å². The number of hydrogen-bond donors (Lipinski definition) is 3. The zero-order valence-electron chi connectivity index (χ0n) is 13.3. The van der Waals surface area contributed by atoms with Crippen molar-refractivity contribution < 1.29 is 14.3 Å². The van der Waals surface area contributed by atoms with E-state index in [2.05, 4.69) is 17.6 Å². The smallest absolute Gasteiger partial charge is 0.315 e. The Kier molecular flexibility index (Phi) is 4.82. The predicted octanol–water partition coefficient (Wildman–Crippen LogP) is 2.62. The average Bonchev–Trinajstić information content (AvgIpc) is 2.96. The van der Waals surface area contributed by atoms with Crippen molar-refractivity contribution in [2.75, 3.05) is 18.1 Å². The molecule has 1 aliphatic heterocycles. The highest BCUT2D eigenvalue weighted by Gasteiger charge is 2.33. The van der Waals surface area contributed by atoms with Crippen molar-refractivity contribution >= 4 is 17.8 Å². The van der Waals surface area contributed by atoms with Gasteiger partial charge in [0.1, 0.15) is 5.82 Å². The number of aliphatic hydroxyl groups is 1. The molecule has 0 bridgehead atoms. The number of rotatable bonds is 3. The molecular weight excluding hydrogens is 315 g/mol. The molecule has 0 radical (unpaired) electrons. The van der Waals surface area contributed by atoms with E-state index >= 15 is 0 Å². The maximum atomic E-state index is 13.9. The highest BCUT2D eigenvalue weighted by atomic mass is 32.2. The Morgan fingerprint density at radius 1 is 1.52 bits per heavy atom. The third-order valence-corrected chi connectivity index (χ3v) is 6.09. The molecular formula is C17H23FN2O2S. The Labute approximate surface area is 140 Å². The molecule has 126 valence electrons. The third-order valence-electron chi connectivity index (χ3n) is 4.86. The summed E-state index contributed by atoms with van der Waals surface area (Å²) in [6, 6.07) is 4.56. The van der Waals surface area contributed by atoms with Gasteiger partial charge in [-0.15, -0.1) is 0 Å². The maximum absolute atomic E-state index is 13.9. The van der Waals surface area contributed by atoms with Crippen LogP contribution in [0.5, 0.6) is 0 Å². The molecule has 0 aromatic heterocycles. The first kappa shape index (κ1) is 16.6. The van der Waals surface area contributed by atoms with Crippen LogP contribution in [0, 0.1) is 11.7 Å². The van der Waals surface area contributed by atoms with Crippen molar-refractivity contribution in [1.29, 1.82) is 0 Å². The Morgan fingerprint density at radius 3 is 3.09 bits per heavy atom. The van der Waals surface area contributed by atoms with E-state index in [9.17, 15) is 14.3 Å². The van der Waals surface area contributed by atoms with Crippen LogP contribution in [-0.2, 0) is 6.42 Å². The number of carbonyl (C=O) groups is 1. The molecule has 1 saturated heterocycles. The van der Waals surface area contributed by atoms with Gasteiger partial charge in [-0.1, -0.05) is 19.1 Å². The molecule has 6 heteroatoms. The van der Waals surface area contributed by atoms with E-state index in [-0.39, 0.29) is 30.4 Å². The van der Waals surface area contributed by atoms with Crippen molar-refractivity contribution in [3.63, 3.8) is 0 Å². The molecule has 1 aromatic carbocycles. The summed E-state index contributed by atoms with van der Waals surface area (Å²) < 4.78 is 13.9. The number of fused-ring (bicyclic) bond motifs is 1. The zero-order valence-corrected chi connectivity index (χ0v) is 14.1. The highest BCUT2D eigenvalue weighted by molar-refractivity contribution is 7.99. The average molecular weight is 338 g/mol. The third kappa shape index (κ3) is 3.63. The molecule has 0 unspecified atom stereocenters. The zero-order chi connectivity index (χ0) is 16.4. The van der Waals surface area contributed by atoms with Crippen molar-refractivity contribution in [1.82, 2.24) is 10.6 Å². The second kappa shape index (κ2) is 6.69. The molecule has 3 atom stereocenters. The van der Waals surface area contributed by atoms with Crippen LogP contribution in [-0.4, -0.2) is 34.8 Å². The van der Waals surface area contributed by atoms with Crippen LogP contribution < -0.4 is 10.6 Å². The number of carbonyl (C=O) groups excluding carboxylic acids is 1. The first-order chi connectivity index (χ1) is 11.0. The number of urea groups is 1. The Bertz CT molecular complexity index is 590. The van der Waals surface area contributed by atoms with E-state index in [1.807, 2.05) is 6.07 Å². The van der Waals surface area contributed by atoms with Gasteiger partial charge in [-0.3, -0.25) is 0 Å². The van der Waals surface area contributed by atoms with E-state index in [0.29, 0.717) is 24.2 Å². The van der Waals surface area contributed by atoms with Crippen molar-refractivity contribution in [3.05, 3.63) is 35.1 Å². The molecule has 1 aromatic rings. The fraction of sp³-hybridized carbons (Fsp3) is 0.588. The van der Waals surface area contributed by atoms with E-state index in [0.717, 1.165) is 17.7 Å². The van der Waals surface area contributed by atoms with Crippen LogP contribution in [0.25, 0.3) is 0 Å². The fourth-order valence-corrected chi connectivity index (χ4v) is 4.66. The number of benzene rings is 1. The molecule has 4 nitrogen and oxygen atoms in total. The van der Waals surface area contributed by atoms with Gasteiger partial charge in [0.15, 0.2) is 0 Å². The maximum Gasteiger partial charge on any atom is 0.315 e. The summed E-state index contributed by atoms with van der Waals surface area (Å²) in [7, 11) is 0. The van der Waals surface area contributed by atoms with Crippen LogP contribution in [0.1, 0.15) is 36.9 Å². The van der Waals surface area contributed by atoms with E-state index < -0.39 is 5.60 Å². The Hall–Kier alpha value is -1.27. The van der Waals surface area contributed by atoms with Crippen LogP contribution in [0.4, 0.5) is 9.18 Å². The number of thioether (sulfide) groups is 1. The molecule has 1 fully saturated rings. The standard InChI is InChI=1S/C17H23FN2O2S/c1-11-5-6-12-13(3-2-4-14(12)18)15(11)20-16(21)19-9-17(22)7-8-23-10-17/h2-4,11,15,22H,5-10H2,1H3,(H2,19,20,21)/t11-,15+,17-/m1/s1. The lowest BCUT2D eigenvalue weighted by atomic mass is 9.80. The van der Waals surface area contributed by atoms with Gasteiger partial charge in [0.25, 0.3) is 0 Å². The van der Waals surface area contributed by atoms with Crippen LogP contribution in [0.3, 0.4) is 0 Å². The second-order valence-electron chi connectivity index (χ2n) is 6.66.